The lowest BCUT2D eigenvalue weighted by atomic mass is 9.98. The van der Waals surface area contributed by atoms with Gasteiger partial charge in [-0.1, -0.05) is 188 Å². The Morgan fingerprint density at radius 2 is 0.636 bits per heavy atom. The van der Waals surface area contributed by atoms with Crippen molar-refractivity contribution in [1.82, 2.24) is 19.5 Å². The van der Waals surface area contributed by atoms with Gasteiger partial charge in [-0.05, 0) is 46.0 Å². The molecule has 4 nitrogen and oxygen atoms in total. The molecule has 0 fully saturated rings. The van der Waals surface area contributed by atoms with E-state index in [1.807, 2.05) is 42.5 Å². The molecule has 0 radical (unpaired) electrons. The Labute approximate surface area is 319 Å². The first-order valence-corrected chi connectivity index (χ1v) is 18.5. The fourth-order valence-corrected chi connectivity index (χ4v) is 7.64. The van der Waals surface area contributed by atoms with Gasteiger partial charge >= 0.3 is 0 Å². The van der Waals surface area contributed by atoms with Crippen LogP contribution in [-0.2, 0) is 0 Å². The van der Waals surface area contributed by atoms with Crippen molar-refractivity contribution in [3.63, 3.8) is 0 Å². The smallest absolute Gasteiger partial charge is 0.164 e. The van der Waals surface area contributed by atoms with Crippen LogP contribution in [-0.4, -0.2) is 19.5 Å². The van der Waals surface area contributed by atoms with Crippen LogP contribution in [0.25, 0.3) is 95.0 Å². The van der Waals surface area contributed by atoms with E-state index in [4.69, 9.17) is 15.0 Å². The number of hydrogen-bond acceptors (Lipinski definition) is 3. The second-order valence-electron chi connectivity index (χ2n) is 13.6. The van der Waals surface area contributed by atoms with Gasteiger partial charge in [-0.25, -0.2) is 15.0 Å². The number of rotatable bonds is 7. The molecular formula is C51H34N4. The van der Waals surface area contributed by atoms with E-state index >= 15 is 0 Å². The molecule has 0 amide bonds. The largest absolute Gasteiger partial charge is 0.309 e. The molecule has 0 saturated heterocycles. The number of hydrogen-bond donors (Lipinski definition) is 0. The Bertz CT molecular complexity index is 2900. The molecule has 2 heterocycles. The van der Waals surface area contributed by atoms with E-state index in [9.17, 15) is 0 Å². The summed E-state index contributed by atoms with van der Waals surface area (Å²) in [6.07, 6.45) is 0. The van der Waals surface area contributed by atoms with Gasteiger partial charge in [-0.15, -0.1) is 0 Å². The summed E-state index contributed by atoms with van der Waals surface area (Å²) in [5.41, 5.74) is 13.2. The highest BCUT2D eigenvalue weighted by Gasteiger charge is 2.17. The Morgan fingerprint density at radius 1 is 0.255 bits per heavy atom. The molecule has 4 heteroatoms. The van der Waals surface area contributed by atoms with Crippen LogP contribution >= 0.6 is 0 Å². The summed E-state index contributed by atoms with van der Waals surface area (Å²) in [7, 11) is 0. The predicted molar refractivity (Wildman–Crippen MR) is 227 cm³/mol. The molecular weight excluding hydrogens is 669 g/mol. The van der Waals surface area contributed by atoms with Gasteiger partial charge in [0.05, 0.1) is 16.7 Å². The summed E-state index contributed by atoms with van der Waals surface area (Å²) in [6, 6.07) is 72.2. The highest BCUT2D eigenvalue weighted by molar-refractivity contribution is 6.09. The molecule has 10 aromatic rings. The van der Waals surface area contributed by atoms with Crippen molar-refractivity contribution in [3.8, 4) is 73.2 Å². The average Bonchev–Trinajstić information content (AvgIpc) is 3.61. The number of fused-ring (bicyclic) bond motifs is 3. The van der Waals surface area contributed by atoms with Crippen molar-refractivity contribution in [2.45, 2.75) is 0 Å². The molecule has 0 unspecified atom stereocenters. The quantitative estimate of drug-likeness (QED) is 0.166. The highest BCUT2D eigenvalue weighted by atomic mass is 15.0. The minimum absolute atomic E-state index is 0.635. The third-order valence-corrected chi connectivity index (χ3v) is 10.3. The van der Waals surface area contributed by atoms with Crippen LogP contribution in [0.5, 0.6) is 0 Å². The maximum absolute atomic E-state index is 5.08. The molecule has 0 N–H and O–H groups in total. The van der Waals surface area contributed by atoms with Gasteiger partial charge in [0.25, 0.3) is 0 Å². The van der Waals surface area contributed by atoms with E-state index in [1.54, 1.807) is 0 Å². The van der Waals surface area contributed by atoms with E-state index in [2.05, 4.69) is 168 Å². The van der Waals surface area contributed by atoms with Crippen molar-refractivity contribution in [3.05, 3.63) is 206 Å². The molecule has 0 aliphatic carbocycles. The van der Waals surface area contributed by atoms with Crippen molar-refractivity contribution < 1.29 is 0 Å². The molecule has 10 rings (SSSR count). The standard InChI is InChI=1S/C51H34N4/c1-3-15-37(16-4-1)41-19-7-8-23-45(41)51-53-49(39-17-5-2-6-18-39)52-50(54-51)40-33-29-36(30-34-40)35-27-31-38(32-28-35)42-20-9-12-24-46(42)55-47-25-13-10-21-43(47)44-22-11-14-26-48(44)55/h1-34H. The third-order valence-electron chi connectivity index (χ3n) is 10.3. The molecule has 8 aromatic carbocycles. The van der Waals surface area contributed by atoms with Crippen molar-refractivity contribution in [1.29, 1.82) is 0 Å². The Morgan fingerprint density at radius 3 is 1.24 bits per heavy atom. The Balaban J connectivity index is 1.00. The van der Waals surface area contributed by atoms with Crippen LogP contribution < -0.4 is 0 Å². The van der Waals surface area contributed by atoms with Gasteiger partial charge in [0, 0.05) is 33.0 Å². The molecule has 2 aromatic heterocycles. The summed E-state index contributed by atoms with van der Waals surface area (Å²) in [5, 5.41) is 2.52. The third kappa shape index (κ3) is 5.96. The molecule has 258 valence electrons. The molecule has 0 atom stereocenters. The molecule has 0 bridgehead atoms. The van der Waals surface area contributed by atoms with Crippen molar-refractivity contribution in [2.24, 2.45) is 0 Å². The van der Waals surface area contributed by atoms with Crippen LogP contribution in [0.4, 0.5) is 0 Å². The minimum atomic E-state index is 0.635. The van der Waals surface area contributed by atoms with Crippen LogP contribution in [0.1, 0.15) is 0 Å². The zero-order valence-electron chi connectivity index (χ0n) is 29.9. The van der Waals surface area contributed by atoms with E-state index in [0.29, 0.717) is 17.5 Å². The van der Waals surface area contributed by atoms with E-state index in [1.165, 1.54) is 32.9 Å². The van der Waals surface area contributed by atoms with Crippen molar-refractivity contribution in [2.75, 3.05) is 0 Å². The second-order valence-corrected chi connectivity index (χ2v) is 13.6. The first-order chi connectivity index (χ1) is 27.3. The fraction of sp³-hybridized carbons (Fsp3) is 0. The normalized spacial score (nSPS) is 11.3. The van der Waals surface area contributed by atoms with Crippen LogP contribution in [0.2, 0.25) is 0 Å². The lowest BCUT2D eigenvalue weighted by Crippen LogP contribution is -2.01. The fourth-order valence-electron chi connectivity index (χ4n) is 7.64. The Hall–Kier alpha value is -7.43. The second kappa shape index (κ2) is 13.8. The van der Waals surface area contributed by atoms with Crippen molar-refractivity contribution >= 4 is 21.8 Å². The molecule has 0 aliphatic rings. The summed E-state index contributed by atoms with van der Waals surface area (Å²) in [4.78, 5) is 15.1. The van der Waals surface area contributed by atoms with E-state index < -0.39 is 0 Å². The summed E-state index contributed by atoms with van der Waals surface area (Å²) < 4.78 is 2.39. The monoisotopic (exact) mass is 702 g/mol. The van der Waals surface area contributed by atoms with Crippen LogP contribution in [0.15, 0.2) is 206 Å². The van der Waals surface area contributed by atoms with E-state index in [0.717, 1.165) is 44.6 Å². The summed E-state index contributed by atoms with van der Waals surface area (Å²) >= 11 is 0. The molecule has 0 aliphatic heterocycles. The highest BCUT2D eigenvalue weighted by Crippen LogP contribution is 2.37. The lowest BCUT2D eigenvalue weighted by Gasteiger charge is -2.14. The maximum atomic E-state index is 5.08. The maximum Gasteiger partial charge on any atom is 0.164 e. The number of benzene rings is 8. The molecule has 0 spiro atoms. The zero-order chi connectivity index (χ0) is 36.6. The molecule has 0 saturated carbocycles. The van der Waals surface area contributed by atoms with Gasteiger partial charge in [0.15, 0.2) is 17.5 Å². The number of nitrogens with zero attached hydrogens (tertiary/aromatic N) is 4. The van der Waals surface area contributed by atoms with Gasteiger partial charge in [-0.2, -0.15) is 0 Å². The summed E-state index contributed by atoms with van der Waals surface area (Å²) in [5.74, 6) is 1.92. The van der Waals surface area contributed by atoms with Crippen LogP contribution in [0, 0.1) is 0 Å². The Kier molecular flexibility index (Phi) is 8.12. The first kappa shape index (κ1) is 32.2. The SMILES string of the molecule is c1ccc(-c2nc(-c3ccc(-c4ccc(-c5ccccc5-n5c6ccccc6c6ccccc65)cc4)cc3)nc(-c3ccccc3-c3ccccc3)n2)cc1. The van der Waals surface area contributed by atoms with Gasteiger partial charge in [0.2, 0.25) is 0 Å². The number of aromatic nitrogens is 4. The predicted octanol–water partition coefficient (Wildman–Crippen LogP) is 13.0. The molecule has 55 heavy (non-hydrogen) atoms. The van der Waals surface area contributed by atoms with Gasteiger partial charge < -0.3 is 4.57 Å². The minimum Gasteiger partial charge on any atom is -0.309 e. The van der Waals surface area contributed by atoms with E-state index in [-0.39, 0.29) is 0 Å². The first-order valence-electron chi connectivity index (χ1n) is 18.5. The van der Waals surface area contributed by atoms with Gasteiger partial charge in [-0.3, -0.25) is 0 Å². The summed E-state index contributed by atoms with van der Waals surface area (Å²) in [6.45, 7) is 0. The van der Waals surface area contributed by atoms with Crippen LogP contribution in [0.3, 0.4) is 0 Å². The lowest BCUT2D eigenvalue weighted by molar-refractivity contribution is 1.07. The zero-order valence-corrected chi connectivity index (χ0v) is 29.9. The van der Waals surface area contributed by atoms with Gasteiger partial charge in [0.1, 0.15) is 0 Å². The average molecular weight is 703 g/mol. The number of para-hydroxylation sites is 3. The topological polar surface area (TPSA) is 43.6 Å².